The van der Waals surface area contributed by atoms with Crippen LogP contribution in [0.1, 0.15) is 49.4 Å². The van der Waals surface area contributed by atoms with E-state index in [9.17, 15) is 0 Å². The van der Waals surface area contributed by atoms with Gasteiger partial charge in [0.15, 0.2) is 0 Å². The lowest BCUT2D eigenvalue weighted by atomic mass is 9.82. The Labute approximate surface area is 111 Å². The van der Waals surface area contributed by atoms with Crippen LogP contribution in [0.25, 0.3) is 0 Å². The molecule has 0 spiro atoms. The van der Waals surface area contributed by atoms with Gasteiger partial charge in [0.1, 0.15) is 0 Å². The molecule has 0 aliphatic heterocycles. The van der Waals surface area contributed by atoms with E-state index in [-0.39, 0.29) is 11.6 Å². The van der Waals surface area contributed by atoms with Crippen LogP contribution < -0.4 is 11.3 Å². The largest absolute Gasteiger partial charge is 0.376 e. The molecule has 3 N–H and O–H groups in total. The number of aryl methyl sites for hydroxylation is 2. The maximum absolute atomic E-state index is 5.81. The summed E-state index contributed by atoms with van der Waals surface area (Å²) in [5.41, 5.74) is 6.41. The number of hydrogen-bond donors (Lipinski definition) is 2. The van der Waals surface area contributed by atoms with Gasteiger partial charge in [-0.1, -0.05) is 37.6 Å². The lowest BCUT2D eigenvalue weighted by Crippen LogP contribution is -2.47. The molecular formula is C15H26N2O. The molecule has 102 valence electrons. The third kappa shape index (κ3) is 2.74. The highest BCUT2D eigenvalue weighted by molar-refractivity contribution is 5.34. The normalized spacial score (nSPS) is 13.7. The summed E-state index contributed by atoms with van der Waals surface area (Å²) in [5, 5.41) is 0. The Hall–Kier alpha value is -0.900. The number of ether oxygens (including phenoxy) is 1. The third-order valence-corrected chi connectivity index (χ3v) is 4.04. The zero-order chi connectivity index (χ0) is 13.8. The first-order chi connectivity index (χ1) is 8.54. The van der Waals surface area contributed by atoms with E-state index < -0.39 is 0 Å². The quantitative estimate of drug-likeness (QED) is 0.602. The summed E-state index contributed by atoms with van der Waals surface area (Å²) >= 11 is 0. The highest BCUT2D eigenvalue weighted by Crippen LogP contribution is 2.36. The van der Waals surface area contributed by atoms with E-state index in [0.29, 0.717) is 0 Å². The van der Waals surface area contributed by atoms with E-state index in [1.54, 1.807) is 7.11 Å². The molecule has 3 nitrogen and oxygen atoms in total. The van der Waals surface area contributed by atoms with Gasteiger partial charge in [0.05, 0.1) is 11.6 Å². The van der Waals surface area contributed by atoms with Gasteiger partial charge in [0.25, 0.3) is 0 Å². The van der Waals surface area contributed by atoms with Crippen molar-refractivity contribution in [3.63, 3.8) is 0 Å². The van der Waals surface area contributed by atoms with Gasteiger partial charge in [0.2, 0.25) is 0 Å². The zero-order valence-corrected chi connectivity index (χ0v) is 12.2. The first kappa shape index (κ1) is 15.2. The van der Waals surface area contributed by atoms with Crippen molar-refractivity contribution in [3.8, 4) is 0 Å². The number of nitrogens with one attached hydrogen (secondary N) is 1. The summed E-state index contributed by atoms with van der Waals surface area (Å²) in [6.07, 6.45) is 1.84. The Morgan fingerprint density at radius 3 is 2.33 bits per heavy atom. The monoisotopic (exact) mass is 250 g/mol. The molecule has 1 aromatic carbocycles. The molecule has 1 aromatic rings. The topological polar surface area (TPSA) is 47.3 Å². The molecule has 1 unspecified atom stereocenters. The van der Waals surface area contributed by atoms with Crippen LogP contribution in [0.5, 0.6) is 0 Å². The van der Waals surface area contributed by atoms with Gasteiger partial charge in [-0.05, 0) is 37.8 Å². The number of benzene rings is 1. The molecule has 0 heterocycles. The number of rotatable bonds is 6. The van der Waals surface area contributed by atoms with Gasteiger partial charge in [-0.3, -0.25) is 11.3 Å². The van der Waals surface area contributed by atoms with Gasteiger partial charge in [-0.25, -0.2) is 0 Å². The second-order valence-electron chi connectivity index (χ2n) is 4.94. The summed E-state index contributed by atoms with van der Waals surface area (Å²) in [6.45, 7) is 8.50. The molecule has 0 saturated carbocycles. The predicted octanol–water partition coefficient (Wildman–Crippen LogP) is 3.01. The minimum Gasteiger partial charge on any atom is -0.376 e. The zero-order valence-electron chi connectivity index (χ0n) is 12.2. The van der Waals surface area contributed by atoms with Gasteiger partial charge < -0.3 is 4.74 Å². The average molecular weight is 250 g/mol. The Bertz CT molecular complexity index is 378. The minimum atomic E-state index is -0.257. The maximum Gasteiger partial charge on any atom is 0.0880 e. The fraction of sp³-hybridized carbons (Fsp3) is 0.600. The van der Waals surface area contributed by atoms with Gasteiger partial charge in [-0.2, -0.15) is 0 Å². The first-order valence-corrected chi connectivity index (χ1v) is 6.63. The van der Waals surface area contributed by atoms with Crippen molar-refractivity contribution in [1.82, 2.24) is 5.43 Å². The molecule has 18 heavy (non-hydrogen) atoms. The number of nitrogens with two attached hydrogens (primary N) is 1. The van der Waals surface area contributed by atoms with E-state index in [4.69, 9.17) is 10.6 Å². The fourth-order valence-electron chi connectivity index (χ4n) is 2.66. The summed E-state index contributed by atoms with van der Waals surface area (Å²) in [7, 11) is 1.77. The van der Waals surface area contributed by atoms with Crippen LogP contribution in [-0.4, -0.2) is 12.7 Å². The van der Waals surface area contributed by atoms with E-state index in [1.165, 1.54) is 16.7 Å². The molecule has 0 bridgehead atoms. The molecule has 0 amide bonds. The molecule has 0 radical (unpaired) electrons. The van der Waals surface area contributed by atoms with Crippen molar-refractivity contribution < 1.29 is 4.74 Å². The maximum atomic E-state index is 5.81. The van der Waals surface area contributed by atoms with E-state index >= 15 is 0 Å². The van der Waals surface area contributed by atoms with E-state index in [2.05, 4.69) is 51.3 Å². The summed E-state index contributed by atoms with van der Waals surface area (Å²) < 4.78 is 5.80. The van der Waals surface area contributed by atoms with Crippen molar-refractivity contribution in [3.05, 3.63) is 34.9 Å². The smallest absolute Gasteiger partial charge is 0.0880 e. The minimum absolute atomic E-state index is 0.0115. The summed E-state index contributed by atoms with van der Waals surface area (Å²) in [5.74, 6) is 5.81. The van der Waals surface area contributed by atoms with Crippen LogP contribution in [0.3, 0.4) is 0 Å². The average Bonchev–Trinajstić information content (AvgIpc) is 2.39. The van der Waals surface area contributed by atoms with Crippen molar-refractivity contribution >= 4 is 0 Å². The Morgan fingerprint density at radius 2 is 1.89 bits per heavy atom. The van der Waals surface area contributed by atoms with Crippen LogP contribution in [0.2, 0.25) is 0 Å². The molecule has 0 saturated heterocycles. The van der Waals surface area contributed by atoms with Crippen molar-refractivity contribution in [2.75, 3.05) is 7.11 Å². The second-order valence-corrected chi connectivity index (χ2v) is 4.94. The lowest BCUT2D eigenvalue weighted by Gasteiger charge is -2.39. The fourth-order valence-corrected chi connectivity index (χ4v) is 2.66. The third-order valence-electron chi connectivity index (χ3n) is 4.04. The van der Waals surface area contributed by atoms with Crippen LogP contribution in [0.4, 0.5) is 0 Å². The Morgan fingerprint density at radius 1 is 1.28 bits per heavy atom. The van der Waals surface area contributed by atoms with Crippen LogP contribution in [-0.2, 0) is 4.74 Å². The van der Waals surface area contributed by atoms with Gasteiger partial charge in [0, 0.05) is 7.11 Å². The molecule has 0 aliphatic carbocycles. The molecule has 1 rings (SSSR count). The van der Waals surface area contributed by atoms with Crippen molar-refractivity contribution in [1.29, 1.82) is 0 Å². The van der Waals surface area contributed by atoms with E-state index in [1.807, 2.05) is 0 Å². The van der Waals surface area contributed by atoms with Gasteiger partial charge >= 0.3 is 0 Å². The molecule has 0 fully saturated rings. The van der Waals surface area contributed by atoms with Crippen molar-refractivity contribution in [2.24, 2.45) is 5.84 Å². The summed E-state index contributed by atoms with van der Waals surface area (Å²) in [4.78, 5) is 0. The molecule has 3 heteroatoms. The summed E-state index contributed by atoms with van der Waals surface area (Å²) in [6, 6.07) is 6.47. The Balaban J connectivity index is 3.27. The second kappa shape index (κ2) is 6.32. The Kier molecular flexibility index (Phi) is 5.32. The lowest BCUT2D eigenvalue weighted by molar-refractivity contribution is -0.0488. The number of methoxy groups -OCH3 is 1. The van der Waals surface area contributed by atoms with Gasteiger partial charge in [-0.15, -0.1) is 0 Å². The van der Waals surface area contributed by atoms with Crippen LogP contribution in [0.15, 0.2) is 18.2 Å². The first-order valence-electron chi connectivity index (χ1n) is 6.63. The van der Waals surface area contributed by atoms with Crippen molar-refractivity contribution in [2.45, 2.75) is 52.2 Å². The SMILES string of the molecule is CCC(CC)(OC)C(NN)c1cc(C)ccc1C. The highest BCUT2D eigenvalue weighted by Gasteiger charge is 2.37. The molecule has 0 aliphatic rings. The number of hydrogen-bond acceptors (Lipinski definition) is 3. The van der Waals surface area contributed by atoms with Crippen LogP contribution >= 0.6 is 0 Å². The molecular weight excluding hydrogens is 224 g/mol. The standard InChI is InChI=1S/C15H26N2O/c1-6-15(7-2,18-5)14(17-16)13-10-11(3)8-9-12(13)4/h8-10,14,17H,6-7,16H2,1-5H3. The highest BCUT2D eigenvalue weighted by atomic mass is 16.5. The van der Waals surface area contributed by atoms with Crippen LogP contribution in [0, 0.1) is 13.8 Å². The molecule has 0 aromatic heterocycles. The number of hydrazine groups is 1. The molecule has 1 atom stereocenters. The predicted molar refractivity (Wildman–Crippen MR) is 76.3 cm³/mol. The van der Waals surface area contributed by atoms with E-state index in [0.717, 1.165) is 12.8 Å².